The van der Waals surface area contributed by atoms with Gasteiger partial charge in [0.25, 0.3) is 0 Å². The van der Waals surface area contributed by atoms with Gasteiger partial charge in [0.15, 0.2) is 0 Å². The van der Waals surface area contributed by atoms with Crippen LogP contribution >= 0.6 is 0 Å². The van der Waals surface area contributed by atoms with Crippen LogP contribution in [-0.2, 0) is 32.1 Å². The van der Waals surface area contributed by atoms with E-state index in [1.165, 1.54) is 10.5 Å². The minimum Gasteiger partial charge on any atom is -0.466 e. The number of esters is 1. The standard InChI is InChI=1S/C28H32N2O4/c1-3-5-7-16-26(31)30(27(32)19-28(33)34-4-2)18-17-23-21-29(20-22-12-8-6-9-13-22)25-15-11-10-14-24(23)25/h3,6,8-15,21H,1,4-5,7,16-20H2,2H3. The lowest BCUT2D eigenvalue weighted by atomic mass is 10.1. The van der Waals surface area contributed by atoms with Crippen molar-refractivity contribution in [1.29, 1.82) is 0 Å². The first-order chi connectivity index (χ1) is 16.5. The summed E-state index contributed by atoms with van der Waals surface area (Å²) < 4.78 is 7.10. The first-order valence-corrected chi connectivity index (χ1v) is 11.7. The van der Waals surface area contributed by atoms with Gasteiger partial charge in [-0.05, 0) is 43.4 Å². The summed E-state index contributed by atoms with van der Waals surface area (Å²) in [6, 6.07) is 18.3. The maximum absolute atomic E-state index is 12.8. The monoisotopic (exact) mass is 460 g/mol. The Balaban J connectivity index is 1.79. The zero-order valence-electron chi connectivity index (χ0n) is 19.7. The third-order valence-corrected chi connectivity index (χ3v) is 5.67. The zero-order valence-corrected chi connectivity index (χ0v) is 19.7. The van der Waals surface area contributed by atoms with Crippen LogP contribution < -0.4 is 0 Å². The minimum atomic E-state index is -0.615. The van der Waals surface area contributed by atoms with Crippen molar-refractivity contribution < 1.29 is 19.1 Å². The fraction of sp³-hybridized carbons (Fsp3) is 0.321. The fourth-order valence-corrected chi connectivity index (χ4v) is 4.02. The highest BCUT2D eigenvalue weighted by Gasteiger charge is 2.24. The molecule has 3 aromatic rings. The zero-order chi connectivity index (χ0) is 24.3. The highest BCUT2D eigenvalue weighted by molar-refractivity contribution is 6.02. The Morgan fingerprint density at radius 2 is 1.76 bits per heavy atom. The number of imide groups is 1. The van der Waals surface area contributed by atoms with Gasteiger partial charge in [-0.3, -0.25) is 19.3 Å². The number of para-hydroxylation sites is 1. The Kier molecular flexibility index (Phi) is 9.21. The summed E-state index contributed by atoms with van der Waals surface area (Å²) in [5.74, 6) is -1.41. The van der Waals surface area contributed by atoms with Gasteiger partial charge in [0.2, 0.25) is 11.8 Å². The summed E-state index contributed by atoms with van der Waals surface area (Å²) >= 11 is 0. The second-order valence-electron chi connectivity index (χ2n) is 8.14. The smallest absolute Gasteiger partial charge is 0.315 e. The molecule has 0 N–H and O–H groups in total. The number of allylic oxidation sites excluding steroid dienone is 1. The van der Waals surface area contributed by atoms with Crippen molar-refractivity contribution in [3.8, 4) is 0 Å². The van der Waals surface area contributed by atoms with Gasteiger partial charge in [0.1, 0.15) is 6.42 Å². The molecule has 0 saturated carbocycles. The summed E-state index contributed by atoms with van der Waals surface area (Å²) in [7, 11) is 0. The molecule has 1 heterocycles. The number of fused-ring (bicyclic) bond motifs is 1. The summed E-state index contributed by atoms with van der Waals surface area (Å²) in [5.41, 5.74) is 3.35. The first-order valence-electron chi connectivity index (χ1n) is 11.7. The Bertz CT molecular complexity index is 1130. The number of benzene rings is 2. The average Bonchev–Trinajstić information content (AvgIpc) is 3.17. The van der Waals surface area contributed by atoms with E-state index in [0.717, 1.165) is 23.0 Å². The second kappa shape index (κ2) is 12.5. The van der Waals surface area contributed by atoms with Gasteiger partial charge in [0, 0.05) is 36.6 Å². The lowest BCUT2D eigenvalue weighted by Crippen LogP contribution is -2.39. The van der Waals surface area contributed by atoms with Crippen molar-refractivity contribution in [3.63, 3.8) is 0 Å². The van der Waals surface area contributed by atoms with Crippen LogP contribution in [0.15, 0.2) is 73.4 Å². The van der Waals surface area contributed by atoms with Crippen molar-refractivity contribution in [1.82, 2.24) is 9.47 Å². The molecular weight excluding hydrogens is 428 g/mol. The van der Waals surface area contributed by atoms with E-state index in [9.17, 15) is 14.4 Å². The highest BCUT2D eigenvalue weighted by atomic mass is 16.5. The SMILES string of the molecule is C=CCCCC(=O)N(CCc1cn(Cc2ccccc2)c2ccccc12)C(=O)CC(=O)OCC. The number of carbonyl (C=O) groups is 3. The lowest BCUT2D eigenvalue weighted by molar-refractivity contribution is -0.151. The van der Waals surface area contributed by atoms with E-state index < -0.39 is 18.3 Å². The number of unbranched alkanes of at least 4 members (excludes halogenated alkanes) is 1. The molecule has 0 atom stereocenters. The largest absolute Gasteiger partial charge is 0.466 e. The van der Waals surface area contributed by atoms with Crippen LogP contribution in [0, 0.1) is 0 Å². The fourth-order valence-electron chi connectivity index (χ4n) is 4.02. The molecule has 0 aliphatic rings. The number of rotatable bonds is 12. The molecule has 0 fully saturated rings. The van der Waals surface area contributed by atoms with E-state index in [0.29, 0.717) is 19.3 Å². The van der Waals surface area contributed by atoms with E-state index in [1.54, 1.807) is 13.0 Å². The summed E-state index contributed by atoms with van der Waals surface area (Å²) in [4.78, 5) is 38.7. The molecule has 0 aliphatic carbocycles. The number of nitrogens with zero attached hydrogens (tertiary/aromatic N) is 2. The lowest BCUT2D eigenvalue weighted by Gasteiger charge is -2.20. The number of hydrogen-bond acceptors (Lipinski definition) is 4. The second-order valence-corrected chi connectivity index (χ2v) is 8.14. The molecule has 0 aliphatic heterocycles. The molecular formula is C28H32N2O4. The van der Waals surface area contributed by atoms with Gasteiger partial charge >= 0.3 is 5.97 Å². The van der Waals surface area contributed by atoms with Crippen LogP contribution in [0.25, 0.3) is 10.9 Å². The van der Waals surface area contributed by atoms with E-state index in [1.807, 2.05) is 30.3 Å². The van der Waals surface area contributed by atoms with Gasteiger partial charge in [0.05, 0.1) is 6.61 Å². The van der Waals surface area contributed by atoms with E-state index in [4.69, 9.17) is 4.74 Å². The Hall–Kier alpha value is -3.67. The van der Waals surface area contributed by atoms with Crippen molar-refractivity contribution in [2.24, 2.45) is 0 Å². The molecule has 0 spiro atoms. The number of aromatic nitrogens is 1. The van der Waals surface area contributed by atoms with Crippen molar-refractivity contribution in [2.45, 2.75) is 45.6 Å². The highest BCUT2D eigenvalue weighted by Crippen LogP contribution is 2.23. The maximum Gasteiger partial charge on any atom is 0.315 e. The van der Waals surface area contributed by atoms with E-state index in [-0.39, 0.29) is 25.5 Å². The molecule has 0 saturated heterocycles. The van der Waals surface area contributed by atoms with Gasteiger partial charge in [-0.25, -0.2) is 0 Å². The number of carbonyl (C=O) groups excluding carboxylic acids is 3. The molecule has 0 bridgehead atoms. The molecule has 0 radical (unpaired) electrons. The van der Waals surface area contributed by atoms with Gasteiger partial charge in [-0.15, -0.1) is 6.58 Å². The molecule has 6 heteroatoms. The molecule has 0 unspecified atom stereocenters. The van der Waals surface area contributed by atoms with Crippen molar-refractivity contribution >= 4 is 28.7 Å². The molecule has 34 heavy (non-hydrogen) atoms. The molecule has 2 amide bonds. The molecule has 2 aromatic carbocycles. The quantitative estimate of drug-likeness (QED) is 0.167. The minimum absolute atomic E-state index is 0.195. The number of amides is 2. The normalized spacial score (nSPS) is 10.7. The average molecular weight is 461 g/mol. The molecule has 1 aromatic heterocycles. The third kappa shape index (κ3) is 6.67. The topological polar surface area (TPSA) is 68.6 Å². The summed E-state index contributed by atoms with van der Waals surface area (Å²) in [5, 5.41) is 1.09. The van der Waals surface area contributed by atoms with Crippen molar-refractivity contribution in [2.75, 3.05) is 13.2 Å². The number of ether oxygens (including phenoxy) is 1. The van der Waals surface area contributed by atoms with E-state index >= 15 is 0 Å². The van der Waals surface area contributed by atoms with Crippen LogP contribution in [0.5, 0.6) is 0 Å². The Labute approximate surface area is 200 Å². The predicted octanol–water partition coefficient (Wildman–Crippen LogP) is 4.90. The van der Waals surface area contributed by atoms with Crippen LogP contribution in [0.2, 0.25) is 0 Å². The summed E-state index contributed by atoms with van der Waals surface area (Å²) in [6.07, 6.45) is 5.45. The first kappa shape index (κ1) is 25.0. The molecule has 178 valence electrons. The number of hydrogen-bond donors (Lipinski definition) is 0. The molecule has 3 rings (SSSR count). The van der Waals surface area contributed by atoms with Gasteiger partial charge in [-0.1, -0.05) is 54.6 Å². The van der Waals surface area contributed by atoms with Crippen LogP contribution in [-0.4, -0.2) is 40.4 Å². The van der Waals surface area contributed by atoms with Crippen molar-refractivity contribution in [3.05, 3.63) is 84.6 Å². The molecule has 6 nitrogen and oxygen atoms in total. The van der Waals surface area contributed by atoms with E-state index in [2.05, 4.69) is 41.6 Å². The van der Waals surface area contributed by atoms with Gasteiger partial charge < -0.3 is 9.30 Å². The Morgan fingerprint density at radius 3 is 2.50 bits per heavy atom. The maximum atomic E-state index is 12.8. The van der Waals surface area contributed by atoms with Crippen LogP contribution in [0.1, 0.15) is 43.7 Å². The predicted molar refractivity (Wildman–Crippen MR) is 133 cm³/mol. The third-order valence-electron chi connectivity index (χ3n) is 5.67. The van der Waals surface area contributed by atoms with Crippen LogP contribution in [0.4, 0.5) is 0 Å². The Morgan fingerprint density at radius 1 is 1.03 bits per heavy atom. The van der Waals surface area contributed by atoms with Gasteiger partial charge in [-0.2, -0.15) is 0 Å². The summed E-state index contributed by atoms with van der Waals surface area (Å²) in [6.45, 7) is 6.50. The van der Waals surface area contributed by atoms with Crippen LogP contribution in [0.3, 0.4) is 0 Å².